The number of carbonyl (C=O) groups excluding carboxylic acids is 1. The van der Waals surface area contributed by atoms with E-state index in [2.05, 4.69) is 0 Å². The van der Waals surface area contributed by atoms with Crippen LogP contribution in [0.25, 0.3) is 0 Å². The first kappa shape index (κ1) is 18.1. The van der Waals surface area contributed by atoms with Gasteiger partial charge in [-0.25, -0.2) is 9.59 Å². The van der Waals surface area contributed by atoms with Crippen LogP contribution in [0.5, 0.6) is 11.5 Å². The van der Waals surface area contributed by atoms with Crippen LogP contribution in [-0.4, -0.2) is 28.3 Å². The normalized spacial score (nSPS) is 13.2. The minimum Gasteiger partial charge on any atom is -0.489 e. The third kappa shape index (κ3) is 3.45. The maximum absolute atomic E-state index is 12.3. The minimum atomic E-state index is -0.657. The number of aromatic nitrogens is 2. The van der Waals surface area contributed by atoms with Gasteiger partial charge in [0, 0.05) is 26.6 Å². The fourth-order valence-corrected chi connectivity index (χ4v) is 2.75. The molecule has 0 bridgehead atoms. The van der Waals surface area contributed by atoms with Crippen LogP contribution in [0.4, 0.5) is 0 Å². The lowest BCUT2D eigenvalue weighted by molar-refractivity contribution is 0.0462. The van der Waals surface area contributed by atoms with Gasteiger partial charge >= 0.3 is 11.7 Å². The number of benzene rings is 1. The van der Waals surface area contributed by atoms with E-state index in [1.54, 1.807) is 0 Å². The van der Waals surface area contributed by atoms with Gasteiger partial charge in [0.2, 0.25) is 0 Å². The summed E-state index contributed by atoms with van der Waals surface area (Å²) < 4.78 is 18.5. The van der Waals surface area contributed by atoms with E-state index in [1.165, 1.54) is 36.9 Å². The monoisotopic (exact) mass is 380 g/mol. The van der Waals surface area contributed by atoms with E-state index in [0.29, 0.717) is 31.1 Å². The third-order valence-electron chi connectivity index (χ3n) is 4.01. The van der Waals surface area contributed by atoms with Crippen molar-refractivity contribution in [3.8, 4) is 11.5 Å². The number of hydrogen-bond donors (Lipinski definition) is 0. The number of esters is 1. The number of nitrogens with zero attached hydrogens (tertiary/aromatic N) is 2. The first-order valence-electron chi connectivity index (χ1n) is 7.90. The molecule has 0 saturated heterocycles. The largest absolute Gasteiger partial charge is 0.489 e. The molecule has 0 atom stereocenters. The summed E-state index contributed by atoms with van der Waals surface area (Å²) in [6.45, 7) is 0.706. The molecule has 1 aromatic carbocycles. The molecule has 1 aromatic heterocycles. The van der Waals surface area contributed by atoms with Crippen LogP contribution >= 0.6 is 11.6 Å². The van der Waals surface area contributed by atoms with E-state index in [9.17, 15) is 14.4 Å². The van der Waals surface area contributed by atoms with Crippen molar-refractivity contribution >= 4 is 17.6 Å². The van der Waals surface area contributed by atoms with E-state index < -0.39 is 17.2 Å². The zero-order valence-corrected chi connectivity index (χ0v) is 15.0. The van der Waals surface area contributed by atoms with Crippen LogP contribution < -0.4 is 20.7 Å². The Hall–Kier alpha value is -2.74. The fourth-order valence-electron chi connectivity index (χ4n) is 2.49. The average Bonchev–Trinajstić information content (AvgIpc) is 2.87. The minimum absolute atomic E-state index is 0.188. The van der Waals surface area contributed by atoms with E-state index >= 15 is 0 Å². The second kappa shape index (κ2) is 7.25. The van der Waals surface area contributed by atoms with Crippen LogP contribution in [0, 0.1) is 0 Å². The van der Waals surface area contributed by atoms with Crippen molar-refractivity contribution in [1.82, 2.24) is 9.13 Å². The van der Waals surface area contributed by atoms with Gasteiger partial charge in [0.05, 0.1) is 29.5 Å². The maximum Gasteiger partial charge on any atom is 0.338 e. The highest BCUT2D eigenvalue weighted by Gasteiger charge is 2.19. The van der Waals surface area contributed by atoms with Gasteiger partial charge in [-0.2, -0.15) is 0 Å². The number of rotatable bonds is 3. The van der Waals surface area contributed by atoms with E-state index in [1.807, 2.05) is 0 Å². The van der Waals surface area contributed by atoms with Gasteiger partial charge in [-0.05, 0) is 12.1 Å². The van der Waals surface area contributed by atoms with Crippen molar-refractivity contribution in [3.63, 3.8) is 0 Å². The second-order valence-corrected chi connectivity index (χ2v) is 6.19. The highest BCUT2D eigenvalue weighted by molar-refractivity contribution is 6.32. The maximum atomic E-state index is 12.3. The van der Waals surface area contributed by atoms with Crippen molar-refractivity contribution < 1.29 is 19.0 Å². The SMILES string of the molecule is Cn1c(COC(=O)c2cc(Cl)c3c(c2)OCCCO3)cc(=O)n(C)c1=O. The summed E-state index contributed by atoms with van der Waals surface area (Å²) in [7, 11) is 2.87. The molecule has 0 fully saturated rings. The third-order valence-corrected chi connectivity index (χ3v) is 4.30. The predicted molar refractivity (Wildman–Crippen MR) is 93.1 cm³/mol. The topological polar surface area (TPSA) is 88.8 Å². The van der Waals surface area contributed by atoms with Crippen LogP contribution in [-0.2, 0) is 25.4 Å². The second-order valence-electron chi connectivity index (χ2n) is 5.79. The molecule has 0 saturated carbocycles. The van der Waals surface area contributed by atoms with Gasteiger partial charge in [-0.3, -0.25) is 13.9 Å². The molecule has 26 heavy (non-hydrogen) atoms. The number of carbonyl (C=O) groups is 1. The molecule has 0 unspecified atom stereocenters. The Bertz CT molecular complexity index is 978. The first-order chi connectivity index (χ1) is 12.4. The molecular formula is C17H17ClN2O6. The summed E-state index contributed by atoms with van der Waals surface area (Å²) in [5, 5.41) is 0.248. The van der Waals surface area contributed by atoms with E-state index in [0.717, 1.165) is 4.57 Å². The van der Waals surface area contributed by atoms with Crippen LogP contribution in [0.1, 0.15) is 22.5 Å². The number of ether oxygens (including phenoxy) is 3. The molecule has 1 aliphatic rings. The van der Waals surface area contributed by atoms with Gasteiger partial charge in [0.1, 0.15) is 6.61 Å². The number of fused-ring (bicyclic) bond motifs is 1. The zero-order chi connectivity index (χ0) is 18.8. The van der Waals surface area contributed by atoms with E-state index in [-0.39, 0.29) is 22.9 Å². The number of hydrogen-bond acceptors (Lipinski definition) is 6. The Morgan fingerprint density at radius 1 is 1.15 bits per heavy atom. The lowest BCUT2D eigenvalue weighted by atomic mass is 10.2. The molecule has 1 aliphatic heterocycles. The summed E-state index contributed by atoms with van der Waals surface area (Å²) in [6.07, 6.45) is 0.710. The zero-order valence-electron chi connectivity index (χ0n) is 14.3. The highest BCUT2D eigenvalue weighted by Crippen LogP contribution is 2.38. The van der Waals surface area contributed by atoms with E-state index in [4.69, 9.17) is 25.8 Å². The predicted octanol–water partition coefficient (Wildman–Crippen LogP) is 1.26. The van der Waals surface area contributed by atoms with Crippen molar-refractivity contribution in [2.45, 2.75) is 13.0 Å². The Morgan fingerprint density at radius 3 is 2.65 bits per heavy atom. The average molecular weight is 381 g/mol. The van der Waals surface area contributed by atoms with Crippen molar-refractivity contribution in [1.29, 1.82) is 0 Å². The van der Waals surface area contributed by atoms with Gasteiger partial charge in [-0.15, -0.1) is 0 Å². The molecule has 2 heterocycles. The first-order valence-corrected chi connectivity index (χ1v) is 8.28. The lowest BCUT2D eigenvalue weighted by Gasteiger charge is -2.12. The van der Waals surface area contributed by atoms with Gasteiger partial charge in [0.25, 0.3) is 5.56 Å². The lowest BCUT2D eigenvalue weighted by Crippen LogP contribution is -2.38. The summed E-state index contributed by atoms with van der Waals surface area (Å²) in [5.41, 5.74) is -0.500. The van der Waals surface area contributed by atoms with Gasteiger partial charge < -0.3 is 14.2 Å². The summed E-state index contributed by atoms with van der Waals surface area (Å²) in [4.78, 5) is 36.0. The molecule has 2 aromatic rings. The Labute approximate surface area is 153 Å². The number of halogens is 1. The molecule has 138 valence electrons. The van der Waals surface area contributed by atoms with Crippen LogP contribution in [0.3, 0.4) is 0 Å². The molecular weight excluding hydrogens is 364 g/mol. The molecule has 3 rings (SSSR count). The summed E-state index contributed by atoms with van der Waals surface area (Å²) >= 11 is 6.16. The smallest absolute Gasteiger partial charge is 0.338 e. The Morgan fingerprint density at radius 2 is 1.88 bits per heavy atom. The van der Waals surface area contributed by atoms with Crippen molar-refractivity contribution in [2.24, 2.45) is 14.1 Å². The van der Waals surface area contributed by atoms with Crippen molar-refractivity contribution in [3.05, 3.63) is 55.3 Å². The quantitative estimate of drug-likeness (QED) is 0.745. The van der Waals surface area contributed by atoms with Crippen LogP contribution in [0.2, 0.25) is 5.02 Å². The van der Waals surface area contributed by atoms with Gasteiger partial charge in [-0.1, -0.05) is 11.6 Å². The molecule has 0 N–H and O–H groups in total. The molecule has 0 radical (unpaired) electrons. The molecule has 0 amide bonds. The summed E-state index contributed by atoms with van der Waals surface area (Å²) in [5.74, 6) is 0.119. The molecule has 9 heteroatoms. The van der Waals surface area contributed by atoms with Gasteiger partial charge in [0.15, 0.2) is 11.5 Å². The molecule has 0 spiro atoms. The highest BCUT2D eigenvalue weighted by atomic mass is 35.5. The van der Waals surface area contributed by atoms with Crippen LogP contribution in [0.15, 0.2) is 27.8 Å². The standard InChI is InChI=1S/C17H17ClN2O6/c1-19-11(8-14(21)20(2)17(19)23)9-26-16(22)10-6-12(18)15-13(7-10)24-4-3-5-25-15/h6-8H,3-5,9H2,1-2H3. The summed E-state index contributed by atoms with van der Waals surface area (Å²) in [6, 6.07) is 4.17. The van der Waals surface area contributed by atoms with Crippen molar-refractivity contribution in [2.75, 3.05) is 13.2 Å². The fraction of sp³-hybridized carbons (Fsp3) is 0.353. The Kier molecular flexibility index (Phi) is 5.03. The molecule has 8 nitrogen and oxygen atoms in total. The molecule has 0 aliphatic carbocycles. The Balaban J connectivity index is 1.81.